The van der Waals surface area contributed by atoms with Crippen LogP contribution in [0.1, 0.15) is 36.3 Å². The molecule has 0 bridgehead atoms. The molecule has 3 nitrogen and oxygen atoms in total. The topological polar surface area (TPSA) is 46.0 Å². The molecule has 1 aromatic carbocycles. The first-order valence-electron chi connectivity index (χ1n) is 5.35. The average Bonchev–Trinajstić information content (AvgIpc) is 2.83. The van der Waals surface area contributed by atoms with Crippen molar-refractivity contribution in [1.29, 1.82) is 0 Å². The van der Waals surface area contributed by atoms with Crippen molar-refractivity contribution in [2.75, 3.05) is 0 Å². The van der Waals surface area contributed by atoms with E-state index in [1.807, 2.05) is 12.1 Å². The zero-order valence-corrected chi connectivity index (χ0v) is 9.94. The van der Waals surface area contributed by atoms with Gasteiger partial charge in [0.25, 0.3) is 0 Å². The molecule has 0 aliphatic carbocycles. The third-order valence-corrected chi connectivity index (χ3v) is 3.01. The molecular formula is C12H14N2OS. The molecule has 0 saturated heterocycles. The van der Waals surface area contributed by atoms with Crippen LogP contribution in [0.5, 0.6) is 0 Å². The molecular weight excluding hydrogens is 220 g/mol. The second-order valence-corrected chi connectivity index (χ2v) is 4.33. The van der Waals surface area contributed by atoms with E-state index >= 15 is 0 Å². The third-order valence-electron chi connectivity index (χ3n) is 2.49. The van der Waals surface area contributed by atoms with Gasteiger partial charge in [-0.05, 0) is 29.1 Å². The van der Waals surface area contributed by atoms with Gasteiger partial charge in [-0.2, -0.15) is 0 Å². The second-order valence-electron chi connectivity index (χ2n) is 3.72. The Bertz CT molecular complexity index is 425. The first-order valence-corrected chi connectivity index (χ1v) is 6.18. The summed E-state index contributed by atoms with van der Waals surface area (Å²) in [5, 5.41) is 15.6. The highest BCUT2D eigenvalue weighted by Gasteiger charge is 2.12. The Labute approximate surface area is 98.9 Å². The first-order chi connectivity index (χ1) is 7.81. The van der Waals surface area contributed by atoms with Crippen LogP contribution >= 0.6 is 11.5 Å². The van der Waals surface area contributed by atoms with Gasteiger partial charge in [-0.25, -0.2) is 0 Å². The van der Waals surface area contributed by atoms with Crippen LogP contribution in [0, 0.1) is 0 Å². The highest BCUT2D eigenvalue weighted by Crippen LogP contribution is 2.21. The maximum atomic E-state index is 10.0. The fraction of sp³-hybridized carbons (Fsp3) is 0.333. The lowest BCUT2D eigenvalue weighted by atomic mass is 10.0. The Morgan fingerprint density at radius 1 is 1.31 bits per heavy atom. The van der Waals surface area contributed by atoms with E-state index in [9.17, 15) is 5.11 Å². The number of benzene rings is 1. The number of aryl methyl sites for hydroxylation is 1. The van der Waals surface area contributed by atoms with Crippen molar-refractivity contribution in [3.8, 4) is 0 Å². The lowest BCUT2D eigenvalue weighted by Gasteiger charge is -2.08. The fourth-order valence-corrected chi connectivity index (χ4v) is 2.09. The monoisotopic (exact) mass is 234 g/mol. The van der Waals surface area contributed by atoms with Crippen LogP contribution in [0.2, 0.25) is 0 Å². The molecule has 4 heteroatoms. The SMILES string of the molecule is CCCc1ccc(C(O)c2csnn2)cc1. The van der Waals surface area contributed by atoms with Crippen LogP contribution in [0.25, 0.3) is 0 Å². The Kier molecular flexibility index (Phi) is 3.64. The average molecular weight is 234 g/mol. The Balaban J connectivity index is 2.15. The highest BCUT2D eigenvalue weighted by atomic mass is 32.1. The minimum absolute atomic E-state index is 0.619. The smallest absolute Gasteiger partial charge is 0.124 e. The quantitative estimate of drug-likeness (QED) is 0.884. The molecule has 16 heavy (non-hydrogen) atoms. The molecule has 1 unspecified atom stereocenters. The largest absolute Gasteiger partial charge is 0.382 e. The van der Waals surface area contributed by atoms with Crippen molar-refractivity contribution < 1.29 is 5.11 Å². The van der Waals surface area contributed by atoms with E-state index in [2.05, 4.69) is 28.6 Å². The molecule has 1 heterocycles. The summed E-state index contributed by atoms with van der Waals surface area (Å²) in [4.78, 5) is 0. The van der Waals surface area contributed by atoms with Gasteiger partial charge < -0.3 is 5.11 Å². The predicted octanol–water partition coefficient (Wildman–Crippen LogP) is 2.57. The first kappa shape index (κ1) is 11.2. The van der Waals surface area contributed by atoms with Crippen molar-refractivity contribution in [2.24, 2.45) is 0 Å². The summed E-state index contributed by atoms with van der Waals surface area (Å²) in [6, 6.07) is 8.02. The molecule has 1 atom stereocenters. The van der Waals surface area contributed by atoms with E-state index in [1.54, 1.807) is 5.38 Å². The Morgan fingerprint density at radius 3 is 2.62 bits per heavy atom. The van der Waals surface area contributed by atoms with Crippen LogP contribution in [-0.2, 0) is 6.42 Å². The van der Waals surface area contributed by atoms with Gasteiger partial charge in [-0.1, -0.05) is 42.1 Å². The molecule has 1 aromatic heterocycles. The van der Waals surface area contributed by atoms with Gasteiger partial charge in [-0.3, -0.25) is 0 Å². The number of nitrogens with zero attached hydrogens (tertiary/aromatic N) is 2. The van der Waals surface area contributed by atoms with Crippen molar-refractivity contribution in [2.45, 2.75) is 25.9 Å². The lowest BCUT2D eigenvalue weighted by molar-refractivity contribution is 0.215. The molecule has 0 amide bonds. The molecule has 1 N–H and O–H groups in total. The summed E-state index contributed by atoms with van der Waals surface area (Å²) in [5.74, 6) is 0. The normalized spacial score (nSPS) is 12.6. The van der Waals surface area contributed by atoms with E-state index in [0.717, 1.165) is 18.4 Å². The lowest BCUT2D eigenvalue weighted by Crippen LogP contribution is -2.00. The summed E-state index contributed by atoms with van der Waals surface area (Å²) in [6.07, 6.45) is 1.56. The van der Waals surface area contributed by atoms with Gasteiger partial charge in [0.2, 0.25) is 0 Å². The Hall–Kier alpha value is -1.26. The van der Waals surface area contributed by atoms with E-state index in [1.165, 1.54) is 17.1 Å². The van der Waals surface area contributed by atoms with Gasteiger partial charge >= 0.3 is 0 Å². The zero-order valence-electron chi connectivity index (χ0n) is 9.13. The second kappa shape index (κ2) is 5.18. The number of aromatic nitrogens is 2. The molecule has 0 aliphatic rings. The molecule has 2 rings (SSSR count). The summed E-state index contributed by atoms with van der Waals surface area (Å²) < 4.78 is 3.75. The summed E-state index contributed by atoms with van der Waals surface area (Å²) in [7, 11) is 0. The molecule has 0 aliphatic heterocycles. The maximum Gasteiger partial charge on any atom is 0.124 e. The number of hydrogen-bond acceptors (Lipinski definition) is 4. The highest BCUT2D eigenvalue weighted by molar-refractivity contribution is 7.03. The van der Waals surface area contributed by atoms with Crippen LogP contribution < -0.4 is 0 Å². The number of hydrogen-bond donors (Lipinski definition) is 1. The van der Waals surface area contributed by atoms with E-state index in [4.69, 9.17) is 0 Å². The van der Waals surface area contributed by atoms with Crippen molar-refractivity contribution in [3.05, 3.63) is 46.5 Å². The van der Waals surface area contributed by atoms with Gasteiger partial charge in [0, 0.05) is 5.38 Å². The van der Waals surface area contributed by atoms with Gasteiger partial charge in [0.1, 0.15) is 11.8 Å². The van der Waals surface area contributed by atoms with Crippen LogP contribution in [-0.4, -0.2) is 14.7 Å². The molecule has 0 saturated carbocycles. The number of aliphatic hydroxyl groups is 1. The molecule has 0 spiro atoms. The minimum atomic E-state index is -0.658. The van der Waals surface area contributed by atoms with Crippen LogP contribution in [0.3, 0.4) is 0 Å². The Morgan fingerprint density at radius 2 is 2.06 bits per heavy atom. The standard InChI is InChI=1S/C12H14N2OS/c1-2-3-9-4-6-10(7-5-9)12(15)11-8-16-14-13-11/h4-8,12,15H,2-3H2,1H3. The third kappa shape index (κ3) is 2.46. The molecule has 84 valence electrons. The molecule has 0 radical (unpaired) electrons. The van der Waals surface area contributed by atoms with Gasteiger partial charge in [-0.15, -0.1) is 5.10 Å². The van der Waals surface area contributed by atoms with E-state index < -0.39 is 6.10 Å². The van der Waals surface area contributed by atoms with Crippen molar-refractivity contribution in [3.63, 3.8) is 0 Å². The van der Waals surface area contributed by atoms with Crippen molar-refractivity contribution >= 4 is 11.5 Å². The maximum absolute atomic E-state index is 10.0. The minimum Gasteiger partial charge on any atom is -0.382 e. The summed E-state index contributed by atoms with van der Waals surface area (Å²) in [6.45, 7) is 2.16. The van der Waals surface area contributed by atoms with Crippen LogP contribution in [0.15, 0.2) is 29.6 Å². The fourth-order valence-electron chi connectivity index (χ4n) is 1.62. The van der Waals surface area contributed by atoms with E-state index in [-0.39, 0.29) is 0 Å². The molecule has 0 fully saturated rings. The molecule has 2 aromatic rings. The number of rotatable bonds is 4. The summed E-state index contributed by atoms with van der Waals surface area (Å²) in [5.41, 5.74) is 2.79. The predicted molar refractivity (Wildman–Crippen MR) is 64.4 cm³/mol. The summed E-state index contributed by atoms with van der Waals surface area (Å²) >= 11 is 1.25. The van der Waals surface area contributed by atoms with Gasteiger partial charge in [0.05, 0.1) is 0 Å². The van der Waals surface area contributed by atoms with Crippen LogP contribution in [0.4, 0.5) is 0 Å². The van der Waals surface area contributed by atoms with Gasteiger partial charge in [0.15, 0.2) is 0 Å². The number of aliphatic hydroxyl groups excluding tert-OH is 1. The zero-order chi connectivity index (χ0) is 11.4. The van der Waals surface area contributed by atoms with E-state index in [0.29, 0.717) is 5.69 Å². The van der Waals surface area contributed by atoms with Crippen molar-refractivity contribution in [1.82, 2.24) is 9.59 Å².